The SMILES string of the molecule is CC1CCC(Cc2c[nH]c(=S)[nH]2)OC1. The predicted molar refractivity (Wildman–Crippen MR) is 57.8 cm³/mol. The number of hydrogen-bond acceptors (Lipinski definition) is 2. The van der Waals surface area contributed by atoms with E-state index in [9.17, 15) is 0 Å². The van der Waals surface area contributed by atoms with Crippen molar-refractivity contribution in [1.82, 2.24) is 9.97 Å². The van der Waals surface area contributed by atoms with Crippen LogP contribution in [0.1, 0.15) is 25.5 Å². The van der Waals surface area contributed by atoms with Crippen molar-refractivity contribution in [3.8, 4) is 0 Å². The molecule has 2 heterocycles. The van der Waals surface area contributed by atoms with E-state index in [1.54, 1.807) is 0 Å². The van der Waals surface area contributed by atoms with Crippen LogP contribution < -0.4 is 0 Å². The monoisotopic (exact) mass is 212 g/mol. The average molecular weight is 212 g/mol. The normalized spacial score (nSPS) is 27.8. The molecule has 1 aliphatic heterocycles. The first-order valence-electron chi connectivity index (χ1n) is 5.12. The highest BCUT2D eigenvalue weighted by atomic mass is 32.1. The maximum absolute atomic E-state index is 5.74. The summed E-state index contributed by atoms with van der Waals surface area (Å²) in [5.41, 5.74) is 1.15. The Morgan fingerprint density at radius 2 is 2.43 bits per heavy atom. The smallest absolute Gasteiger partial charge is 0.174 e. The highest BCUT2D eigenvalue weighted by Gasteiger charge is 2.19. The second-order valence-electron chi connectivity index (χ2n) is 4.11. The summed E-state index contributed by atoms with van der Waals surface area (Å²) in [6.45, 7) is 3.13. The van der Waals surface area contributed by atoms with Gasteiger partial charge < -0.3 is 14.7 Å². The van der Waals surface area contributed by atoms with Gasteiger partial charge in [-0.15, -0.1) is 0 Å². The summed E-state index contributed by atoms with van der Waals surface area (Å²) in [7, 11) is 0. The molecule has 1 saturated heterocycles. The van der Waals surface area contributed by atoms with Crippen molar-refractivity contribution in [2.24, 2.45) is 5.92 Å². The Kier molecular flexibility index (Phi) is 3.03. The van der Waals surface area contributed by atoms with Crippen LogP contribution in [0.25, 0.3) is 0 Å². The number of ether oxygens (including phenoxy) is 1. The Balaban J connectivity index is 1.89. The molecule has 2 N–H and O–H groups in total. The number of aromatic nitrogens is 2. The molecule has 78 valence electrons. The minimum absolute atomic E-state index is 0.368. The van der Waals surface area contributed by atoms with Crippen LogP contribution >= 0.6 is 12.2 Å². The van der Waals surface area contributed by atoms with Gasteiger partial charge in [-0.1, -0.05) is 6.92 Å². The number of rotatable bonds is 2. The molecule has 0 aromatic carbocycles. The van der Waals surface area contributed by atoms with Gasteiger partial charge in [0.15, 0.2) is 4.77 Å². The molecule has 1 aromatic rings. The molecule has 2 atom stereocenters. The summed E-state index contributed by atoms with van der Waals surface area (Å²) in [5, 5.41) is 0. The molecular weight excluding hydrogens is 196 g/mol. The van der Waals surface area contributed by atoms with Crippen molar-refractivity contribution < 1.29 is 4.74 Å². The molecule has 0 aliphatic carbocycles. The summed E-state index contributed by atoms with van der Waals surface area (Å²) in [4.78, 5) is 6.08. The fourth-order valence-electron chi connectivity index (χ4n) is 1.82. The molecule has 3 nitrogen and oxygen atoms in total. The van der Waals surface area contributed by atoms with E-state index in [0.717, 1.165) is 31.1 Å². The lowest BCUT2D eigenvalue weighted by Gasteiger charge is -2.26. The lowest BCUT2D eigenvalue weighted by molar-refractivity contribution is -0.0105. The Morgan fingerprint density at radius 1 is 1.57 bits per heavy atom. The topological polar surface area (TPSA) is 40.8 Å². The lowest BCUT2D eigenvalue weighted by Crippen LogP contribution is -2.26. The molecule has 1 aliphatic rings. The molecule has 0 spiro atoms. The first-order chi connectivity index (χ1) is 6.74. The zero-order valence-corrected chi connectivity index (χ0v) is 9.19. The fraction of sp³-hybridized carbons (Fsp3) is 0.700. The molecule has 0 radical (unpaired) electrons. The third-order valence-corrected chi connectivity index (χ3v) is 2.92. The Bertz CT molecular complexity index is 336. The van der Waals surface area contributed by atoms with Gasteiger partial charge in [0.1, 0.15) is 0 Å². The van der Waals surface area contributed by atoms with Gasteiger partial charge in [-0.05, 0) is 31.0 Å². The zero-order chi connectivity index (χ0) is 9.97. The van der Waals surface area contributed by atoms with E-state index >= 15 is 0 Å². The lowest BCUT2D eigenvalue weighted by atomic mass is 9.98. The van der Waals surface area contributed by atoms with E-state index in [-0.39, 0.29) is 0 Å². The van der Waals surface area contributed by atoms with Gasteiger partial charge in [0, 0.05) is 24.9 Å². The molecular formula is C10H16N2OS. The van der Waals surface area contributed by atoms with Gasteiger partial charge in [-0.3, -0.25) is 0 Å². The van der Waals surface area contributed by atoms with E-state index in [1.165, 1.54) is 6.42 Å². The first-order valence-corrected chi connectivity index (χ1v) is 5.53. The fourth-order valence-corrected chi connectivity index (χ4v) is 2.01. The largest absolute Gasteiger partial charge is 0.378 e. The molecule has 14 heavy (non-hydrogen) atoms. The number of hydrogen-bond donors (Lipinski definition) is 2. The highest BCUT2D eigenvalue weighted by Crippen LogP contribution is 2.20. The van der Waals surface area contributed by atoms with E-state index in [0.29, 0.717) is 10.9 Å². The van der Waals surface area contributed by atoms with Crippen LogP contribution in [0.5, 0.6) is 0 Å². The zero-order valence-electron chi connectivity index (χ0n) is 8.38. The second-order valence-corrected chi connectivity index (χ2v) is 4.52. The summed E-state index contributed by atoms with van der Waals surface area (Å²) in [5.74, 6) is 0.718. The van der Waals surface area contributed by atoms with Crippen molar-refractivity contribution >= 4 is 12.2 Å². The minimum Gasteiger partial charge on any atom is -0.378 e. The van der Waals surface area contributed by atoms with Gasteiger partial charge in [0.25, 0.3) is 0 Å². The van der Waals surface area contributed by atoms with Crippen molar-refractivity contribution in [2.75, 3.05) is 6.61 Å². The summed E-state index contributed by atoms with van der Waals surface area (Å²) < 4.78 is 6.43. The minimum atomic E-state index is 0.368. The molecule has 0 amide bonds. The second kappa shape index (κ2) is 4.28. The Labute approximate surface area is 88.9 Å². The van der Waals surface area contributed by atoms with Crippen molar-refractivity contribution in [1.29, 1.82) is 0 Å². The Hall–Kier alpha value is -0.610. The first kappa shape index (κ1) is 9.93. The molecule has 1 fully saturated rings. The summed E-state index contributed by atoms with van der Waals surface area (Å²) in [6.07, 6.45) is 5.68. The van der Waals surface area contributed by atoms with E-state index in [2.05, 4.69) is 16.9 Å². The molecule has 0 saturated carbocycles. The summed E-state index contributed by atoms with van der Waals surface area (Å²) in [6, 6.07) is 0. The number of aromatic amines is 2. The van der Waals surface area contributed by atoms with Crippen LogP contribution in [0.15, 0.2) is 6.20 Å². The van der Waals surface area contributed by atoms with E-state index in [1.807, 2.05) is 6.20 Å². The quantitative estimate of drug-likeness (QED) is 0.739. The maximum Gasteiger partial charge on any atom is 0.174 e. The maximum atomic E-state index is 5.74. The van der Waals surface area contributed by atoms with Crippen molar-refractivity contribution in [2.45, 2.75) is 32.3 Å². The van der Waals surface area contributed by atoms with Crippen LogP contribution in [-0.4, -0.2) is 22.7 Å². The number of imidazole rings is 1. The molecule has 2 rings (SSSR count). The van der Waals surface area contributed by atoms with Crippen LogP contribution in [0.4, 0.5) is 0 Å². The standard InChI is InChI=1S/C10H16N2OS/c1-7-2-3-9(13-6-7)4-8-5-11-10(14)12-8/h5,7,9H,2-4,6H2,1H3,(H2,11,12,14). The average Bonchev–Trinajstić information content (AvgIpc) is 2.56. The van der Waals surface area contributed by atoms with Crippen LogP contribution in [0, 0.1) is 10.7 Å². The van der Waals surface area contributed by atoms with Gasteiger partial charge in [0.05, 0.1) is 6.10 Å². The molecule has 2 unspecified atom stereocenters. The van der Waals surface area contributed by atoms with Crippen LogP contribution in [-0.2, 0) is 11.2 Å². The number of H-pyrrole nitrogens is 2. The van der Waals surface area contributed by atoms with Gasteiger partial charge in [0.2, 0.25) is 0 Å². The van der Waals surface area contributed by atoms with Crippen LogP contribution in [0.2, 0.25) is 0 Å². The Morgan fingerprint density at radius 3 is 3.00 bits per heavy atom. The van der Waals surface area contributed by atoms with Gasteiger partial charge in [-0.2, -0.15) is 0 Å². The van der Waals surface area contributed by atoms with E-state index < -0.39 is 0 Å². The summed E-state index contributed by atoms with van der Waals surface area (Å²) >= 11 is 4.97. The van der Waals surface area contributed by atoms with Crippen LogP contribution in [0.3, 0.4) is 0 Å². The molecule has 0 bridgehead atoms. The molecule has 4 heteroatoms. The molecule has 1 aromatic heterocycles. The van der Waals surface area contributed by atoms with Gasteiger partial charge in [-0.25, -0.2) is 0 Å². The predicted octanol–water partition coefficient (Wildman–Crippen LogP) is 2.43. The highest BCUT2D eigenvalue weighted by molar-refractivity contribution is 7.71. The van der Waals surface area contributed by atoms with Gasteiger partial charge >= 0.3 is 0 Å². The van der Waals surface area contributed by atoms with Crippen molar-refractivity contribution in [3.63, 3.8) is 0 Å². The number of nitrogens with one attached hydrogen (secondary N) is 2. The van der Waals surface area contributed by atoms with Crippen molar-refractivity contribution in [3.05, 3.63) is 16.7 Å². The van der Waals surface area contributed by atoms with E-state index in [4.69, 9.17) is 17.0 Å². The third kappa shape index (κ3) is 2.45. The third-order valence-electron chi connectivity index (χ3n) is 2.70.